The number of hydrogen-bond donors (Lipinski definition) is 1. The smallest absolute Gasteiger partial charge is 0.254 e. The van der Waals surface area contributed by atoms with Gasteiger partial charge in [0, 0.05) is 37.2 Å². The molecule has 0 saturated carbocycles. The molecule has 2 aromatic heterocycles. The summed E-state index contributed by atoms with van der Waals surface area (Å²) < 4.78 is 6.77. The van der Waals surface area contributed by atoms with E-state index < -0.39 is 0 Å². The van der Waals surface area contributed by atoms with Crippen LogP contribution in [0.15, 0.2) is 42.0 Å². The molecule has 0 spiro atoms. The summed E-state index contributed by atoms with van der Waals surface area (Å²) in [5, 5.41) is 9.89. The van der Waals surface area contributed by atoms with Crippen molar-refractivity contribution in [3.8, 4) is 17.0 Å². The largest absolute Gasteiger partial charge is 0.497 e. The highest BCUT2D eigenvalue weighted by molar-refractivity contribution is 7.09. The van der Waals surface area contributed by atoms with E-state index in [1.165, 1.54) is 0 Å². The number of nitrogens with one attached hydrogen (secondary N) is 1. The van der Waals surface area contributed by atoms with E-state index in [-0.39, 0.29) is 5.91 Å². The summed E-state index contributed by atoms with van der Waals surface area (Å²) in [4.78, 5) is 16.6. The van der Waals surface area contributed by atoms with Crippen molar-refractivity contribution in [1.29, 1.82) is 0 Å². The first-order valence-corrected chi connectivity index (χ1v) is 8.39. The molecule has 6 nitrogen and oxygen atoms in total. The first-order chi connectivity index (χ1) is 11.7. The number of thiazole rings is 1. The Labute approximate surface area is 144 Å². The zero-order chi connectivity index (χ0) is 16.9. The number of methoxy groups -OCH3 is 1. The Hall–Kier alpha value is -2.67. The molecule has 0 aliphatic rings. The average molecular weight is 342 g/mol. The third-order valence-corrected chi connectivity index (χ3v) is 4.44. The molecule has 1 N–H and O–H groups in total. The van der Waals surface area contributed by atoms with Crippen molar-refractivity contribution in [2.75, 3.05) is 13.7 Å². The van der Waals surface area contributed by atoms with E-state index in [1.54, 1.807) is 42.6 Å². The SMILES string of the molecule is COc1ccc(-c2csc(CCNC(=O)c3cnn(C)c3)n2)cc1. The maximum atomic E-state index is 11.9. The lowest BCUT2D eigenvalue weighted by molar-refractivity contribution is 0.0954. The Bertz CT molecular complexity index is 823. The van der Waals surface area contributed by atoms with Crippen molar-refractivity contribution in [2.24, 2.45) is 7.05 Å². The number of carbonyl (C=O) groups excluding carboxylic acids is 1. The molecule has 0 atom stereocenters. The second-order valence-corrected chi connectivity index (χ2v) is 6.21. The quantitative estimate of drug-likeness (QED) is 0.747. The van der Waals surface area contributed by atoms with Gasteiger partial charge in [-0.25, -0.2) is 4.98 Å². The van der Waals surface area contributed by atoms with E-state index >= 15 is 0 Å². The molecule has 0 saturated heterocycles. The maximum Gasteiger partial charge on any atom is 0.254 e. The second-order valence-electron chi connectivity index (χ2n) is 5.26. The van der Waals surface area contributed by atoms with Crippen molar-refractivity contribution >= 4 is 17.2 Å². The fourth-order valence-electron chi connectivity index (χ4n) is 2.24. The number of benzene rings is 1. The lowest BCUT2D eigenvalue weighted by Gasteiger charge is -2.02. The van der Waals surface area contributed by atoms with Gasteiger partial charge < -0.3 is 10.1 Å². The van der Waals surface area contributed by atoms with Gasteiger partial charge in [0.05, 0.1) is 29.6 Å². The minimum atomic E-state index is -0.116. The summed E-state index contributed by atoms with van der Waals surface area (Å²) >= 11 is 1.60. The average Bonchev–Trinajstić information content (AvgIpc) is 3.24. The highest BCUT2D eigenvalue weighted by atomic mass is 32.1. The summed E-state index contributed by atoms with van der Waals surface area (Å²) in [6, 6.07) is 7.81. The summed E-state index contributed by atoms with van der Waals surface area (Å²) in [6.07, 6.45) is 3.95. The van der Waals surface area contributed by atoms with E-state index in [4.69, 9.17) is 4.74 Å². The van der Waals surface area contributed by atoms with Crippen LogP contribution in [0.3, 0.4) is 0 Å². The third kappa shape index (κ3) is 3.80. The zero-order valence-electron chi connectivity index (χ0n) is 13.5. The molecule has 0 unspecified atom stereocenters. The van der Waals surface area contributed by atoms with Crippen LogP contribution in [0.4, 0.5) is 0 Å². The first kappa shape index (κ1) is 16.2. The van der Waals surface area contributed by atoms with E-state index in [0.29, 0.717) is 18.5 Å². The van der Waals surface area contributed by atoms with Crippen molar-refractivity contribution in [2.45, 2.75) is 6.42 Å². The Morgan fingerprint density at radius 1 is 1.33 bits per heavy atom. The van der Waals surface area contributed by atoms with E-state index in [9.17, 15) is 4.79 Å². The molecule has 7 heteroatoms. The van der Waals surface area contributed by atoms with Crippen molar-refractivity contribution in [3.63, 3.8) is 0 Å². The van der Waals surface area contributed by atoms with Crippen molar-refractivity contribution in [1.82, 2.24) is 20.1 Å². The van der Waals surface area contributed by atoms with E-state index in [1.807, 2.05) is 29.6 Å². The Morgan fingerprint density at radius 3 is 2.79 bits per heavy atom. The van der Waals surface area contributed by atoms with Crippen LogP contribution >= 0.6 is 11.3 Å². The normalized spacial score (nSPS) is 10.6. The summed E-state index contributed by atoms with van der Waals surface area (Å²) in [5.74, 6) is 0.711. The van der Waals surface area contributed by atoms with Crippen molar-refractivity contribution < 1.29 is 9.53 Å². The predicted molar refractivity (Wildman–Crippen MR) is 93.3 cm³/mol. The Morgan fingerprint density at radius 2 is 2.12 bits per heavy atom. The van der Waals surface area contributed by atoms with Gasteiger partial charge in [-0.15, -0.1) is 11.3 Å². The van der Waals surface area contributed by atoms with Gasteiger partial charge in [0.15, 0.2) is 0 Å². The molecule has 0 fully saturated rings. The van der Waals surface area contributed by atoms with Crippen LogP contribution in [0.25, 0.3) is 11.3 Å². The monoisotopic (exact) mass is 342 g/mol. The molecule has 0 aliphatic heterocycles. The summed E-state index contributed by atoms with van der Waals surface area (Å²) in [5.41, 5.74) is 2.56. The third-order valence-electron chi connectivity index (χ3n) is 3.53. The Kier molecular flexibility index (Phi) is 4.90. The number of rotatable bonds is 6. The molecular formula is C17H18N4O2S. The fourth-order valence-corrected chi connectivity index (χ4v) is 3.05. The standard InChI is InChI=1S/C17H18N4O2S/c1-21-10-13(9-19-21)17(22)18-8-7-16-20-15(11-24-16)12-3-5-14(23-2)6-4-12/h3-6,9-11H,7-8H2,1-2H3,(H,18,22). The molecule has 0 bridgehead atoms. The molecule has 1 amide bonds. The summed E-state index contributed by atoms with van der Waals surface area (Å²) in [7, 11) is 3.43. The van der Waals surface area contributed by atoms with Gasteiger partial charge in [-0.2, -0.15) is 5.10 Å². The molecule has 3 aromatic rings. The first-order valence-electron chi connectivity index (χ1n) is 7.51. The van der Waals surface area contributed by atoms with Crippen LogP contribution in [-0.4, -0.2) is 34.3 Å². The molecule has 0 aliphatic carbocycles. The maximum absolute atomic E-state index is 11.9. The number of aromatic nitrogens is 3. The number of aryl methyl sites for hydroxylation is 1. The molecule has 3 rings (SSSR count). The molecule has 124 valence electrons. The van der Waals surface area contributed by atoms with Crippen LogP contribution in [0.2, 0.25) is 0 Å². The van der Waals surface area contributed by atoms with Crippen LogP contribution in [-0.2, 0) is 13.5 Å². The van der Waals surface area contributed by atoms with Crippen LogP contribution in [0, 0.1) is 0 Å². The van der Waals surface area contributed by atoms with Crippen LogP contribution < -0.4 is 10.1 Å². The molecule has 24 heavy (non-hydrogen) atoms. The minimum Gasteiger partial charge on any atom is -0.497 e. The number of ether oxygens (including phenoxy) is 1. The number of amides is 1. The summed E-state index contributed by atoms with van der Waals surface area (Å²) in [6.45, 7) is 0.545. The number of nitrogens with zero attached hydrogens (tertiary/aromatic N) is 3. The molecule has 1 aromatic carbocycles. The van der Waals surface area contributed by atoms with Gasteiger partial charge in [0.2, 0.25) is 0 Å². The van der Waals surface area contributed by atoms with Crippen LogP contribution in [0.1, 0.15) is 15.4 Å². The van der Waals surface area contributed by atoms with Gasteiger partial charge in [-0.3, -0.25) is 9.48 Å². The Balaban J connectivity index is 1.55. The number of carbonyl (C=O) groups is 1. The van der Waals surface area contributed by atoms with Gasteiger partial charge in [-0.1, -0.05) is 0 Å². The van der Waals surface area contributed by atoms with Gasteiger partial charge in [-0.05, 0) is 24.3 Å². The second kappa shape index (κ2) is 7.27. The van der Waals surface area contributed by atoms with E-state index in [2.05, 4.69) is 15.4 Å². The van der Waals surface area contributed by atoms with Gasteiger partial charge in [0.25, 0.3) is 5.91 Å². The lowest BCUT2D eigenvalue weighted by atomic mass is 10.2. The topological polar surface area (TPSA) is 69.0 Å². The van der Waals surface area contributed by atoms with E-state index in [0.717, 1.165) is 22.0 Å². The van der Waals surface area contributed by atoms with Gasteiger partial charge in [0.1, 0.15) is 5.75 Å². The van der Waals surface area contributed by atoms with Crippen LogP contribution in [0.5, 0.6) is 5.75 Å². The van der Waals surface area contributed by atoms with Crippen molar-refractivity contribution in [3.05, 3.63) is 52.6 Å². The fraction of sp³-hybridized carbons (Fsp3) is 0.235. The number of hydrogen-bond acceptors (Lipinski definition) is 5. The lowest BCUT2D eigenvalue weighted by Crippen LogP contribution is -2.25. The predicted octanol–water partition coefficient (Wildman–Crippen LogP) is 2.52. The minimum absolute atomic E-state index is 0.116. The zero-order valence-corrected chi connectivity index (χ0v) is 14.3. The molecule has 0 radical (unpaired) electrons. The highest BCUT2D eigenvalue weighted by Gasteiger charge is 2.08. The highest BCUT2D eigenvalue weighted by Crippen LogP contribution is 2.24. The van der Waals surface area contributed by atoms with Gasteiger partial charge >= 0.3 is 0 Å². The molecule has 2 heterocycles. The molecular weight excluding hydrogens is 324 g/mol.